The van der Waals surface area contributed by atoms with Crippen molar-refractivity contribution in [3.63, 3.8) is 0 Å². The van der Waals surface area contributed by atoms with Gasteiger partial charge in [-0.2, -0.15) is 10.1 Å². The Morgan fingerprint density at radius 2 is 1.90 bits per heavy atom. The number of carbonyl (C=O) groups is 2. The molecule has 8 nitrogen and oxygen atoms in total. The van der Waals surface area contributed by atoms with Gasteiger partial charge in [0.1, 0.15) is 18.9 Å². The van der Waals surface area contributed by atoms with Crippen LogP contribution in [0.3, 0.4) is 0 Å². The molecule has 1 amide bonds. The summed E-state index contributed by atoms with van der Waals surface area (Å²) in [5.74, 6) is -0.0465. The molecular weight excluding hydrogens is 382 g/mol. The molecule has 0 bridgehead atoms. The number of hydrogen-bond acceptors (Lipinski definition) is 6. The molecule has 0 unspecified atom stereocenters. The van der Waals surface area contributed by atoms with Gasteiger partial charge in [-0.3, -0.25) is 4.79 Å². The topological polar surface area (TPSA) is 89.3 Å². The summed E-state index contributed by atoms with van der Waals surface area (Å²) in [6.07, 6.45) is 2.28. The first kappa shape index (κ1) is 21.5. The first-order valence-electron chi connectivity index (χ1n) is 10.3. The molecule has 3 rings (SSSR count). The molecule has 160 valence electrons. The lowest BCUT2D eigenvalue weighted by Gasteiger charge is -2.35. The number of anilines is 1. The van der Waals surface area contributed by atoms with Crippen LogP contribution in [0.15, 0.2) is 41.9 Å². The van der Waals surface area contributed by atoms with Crippen molar-refractivity contribution in [3.05, 3.63) is 53.0 Å². The van der Waals surface area contributed by atoms with Gasteiger partial charge in [0, 0.05) is 11.7 Å². The van der Waals surface area contributed by atoms with Crippen LogP contribution in [-0.4, -0.2) is 45.8 Å². The van der Waals surface area contributed by atoms with E-state index in [9.17, 15) is 9.59 Å². The first-order valence-corrected chi connectivity index (χ1v) is 10.3. The predicted molar refractivity (Wildman–Crippen MR) is 114 cm³/mol. The third-order valence-electron chi connectivity index (χ3n) is 5.32. The summed E-state index contributed by atoms with van der Waals surface area (Å²) < 4.78 is 7.05. The normalized spacial score (nSPS) is 16.8. The first-order chi connectivity index (χ1) is 14.4. The van der Waals surface area contributed by atoms with Gasteiger partial charge in [0.15, 0.2) is 0 Å². The molecule has 2 aromatic rings. The number of fused-ring (bicyclic) bond motifs is 1. The molecule has 0 saturated heterocycles. The molecule has 0 spiro atoms. The minimum absolute atomic E-state index is 0.0401. The van der Waals surface area contributed by atoms with Gasteiger partial charge >= 0.3 is 5.97 Å². The molecule has 1 aliphatic rings. The quantitative estimate of drug-likeness (QED) is 0.705. The summed E-state index contributed by atoms with van der Waals surface area (Å²) in [5, 5.41) is 7.35. The number of aromatic nitrogens is 3. The van der Waals surface area contributed by atoms with Gasteiger partial charge in [-0.1, -0.05) is 36.8 Å². The summed E-state index contributed by atoms with van der Waals surface area (Å²) in [5.41, 5.74) is 3.11. The van der Waals surface area contributed by atoms with Crippen molar-refractivity contribution in [3.8, 4) is 0 Å². The van der Waals surface area contributed by atoms with Crippen LogP contribution in [0.2, 0.25) is 0 Å². The molecule has 0 aliphatic carbocycles. The Balaban J connectivity index is 2.07. The van der Waals surface area contributed by atoms with E-state index < -0.39 is 12.0 Å². The summed E-state index contributed by atoms with van der Waals surface area (Å²) in [6.45, 7) is 9.87. The summed E-state index contributed by atoms with van der Waals surface area (Å²) >= 11 is 0. The van der Waals surface area contributed by atoms with Crippen molar-refractivity contribution in [2.24, 2.45) is 0 Å². The lowest BCUT2D eigenvalue weighted by molar-refractivity contribution is -0.139. The van der Waals surface area contributed by atoms with Gasteiger partial charge < -0.3 is 15.0 Å². The SMILES string of the molecule is CCOC(=O)C1=C(C)N(CC(=O)N[C@H](C)CC)c2ncnn2[C@@H]1c1ccc(C)cc1. The number of nitrogens with one attached hydrogen (secondary N) is 1. The average molecular weight is 412 g/mol. The van der Waals surface area contributed by atoms with E-state index in [1.807, 2.05) is 52.0 Å². The fourth-order valence-corrected chi connectivity index (χ4v) is 3.52. The third kappa shape index (κ3) is 4.22. The van der Waals surface area contributed by atoms with Crippen molar-refractivity contribution >= 4 is 17.8 Å². The highest BCUT2D eigenvalue weighted by Gasteiger charge is 2.38. The number of ether oxygens (including phenoxy) is 1. The molecule has 1 N–H and O–H groups in total. The van der Waals surface area contributed by atoms with Crippen molar-refractivity contribution in [2.75, 3.05) is 18.1 Å². The van der Waals surface area contributed by atoms with E-state index in [0.29, 0.717) is 17.2 Å². The monoisotopic (exact) mass is 411 g/mol. The number of amides is 1. The van der Waals surface area contributed by atoms with E-state index in [2.05, 4.69) is 15.4 Å². The van der Waals surface area contributed by atoms with E-state index in [4.69, 9.17) is 4.74 Å². The second-order valence-corrected chi connectivity index (χ2v) is 7.50. The largest absolute Gasteiger partial charge is 0.463 e. The standard InChI is InChI=1S/C22H29N5O3/c1-6-15(4)25-18(28)12-26-16(5)19(21(29)30-7-2)20(27-22(26)23-13-24-27)17-10-8-14(3)9-11-17/h8-11,13,15,20H,6-7,12H2,1-5H3,(H,25,28)/t15-,20-/m1/s1. The number of nitrogens with zero attached hydrogens (tertiary/aromatic N) is 4. The van der Waals surface area contributed by atoms with Gasteiger partial charge in [-0.15, -0.1) is 0 Å². The van der Waals surface area contributed by atoms with Crippen molar-refractivity contribution < 1.29 is 14.3 Å². The number of hydrogen-bond donors (Lipinski definition) is 1. The van der Waals surface area contributed by atoms with Gasteiger partial charge in [0.25, 0.3) is 0 Å². The fraction of sp³-hybridized carbons (Fsp3) is 0.455. The number of benzene rings is 1. The maximum atomic E-state index is 13.0. The highest BCUT2D eigenvalue weighted by molar-refractivity contribution is 5.93. The van der Waals surface area contributed by atoms with Crippen LogP contribution in [-0.2, 0) is 14.3 Å². The Morgan fingerprint density at radius 1 is 1.20 bits per heavy atom. The van der Waals surface area contributed by atoms with Crippen LogP contribution >= 0.6 is 0 Å². The number of aryl methyl sites for hydroxylation is 1. The zero-order chi connectivity index (χ0) is 21.8. The second kappa shape index (κ2) is 9.11. The number of allylic oxidation sites excluding steroid dienone is 1. The third-order valence-corrected chi connectivity index (χ3v) is 5.32. The molecule has 1 aliphatic heterocycles. The van der Waals surface area contributed by atoms with Gasteiger partial charge in [0.05, 0.1) is 12.2 Å². The Kier molecular flexibility index (Phi) is 6.54. The highest BCUT2D eigenvalue weighted by Crippen LogP contribution is 2.38. The number of rotatable bonds is 7. The summed E-state index contributed by atoms with van der Waals surface area (Å²) in [6, 6.07) is 7.53. The zero-order valence-electron chi connectivity index (χ0n) is 18.2. The molecule has 0 saturated carbocycles. The molecule has 0 radical (unpaired) electrons. The molecule has 1 aromatic heterocycles. The smallest absolute Gasteiger partial charge is 0.338 e. The van der Waals surface area contributed by atoms with Crippen LogP contribution in [0.25, 0.3) is 0 Å². The maximum absolute atomic E-state index is 13.0. The number of carbonyl (C=O) groups excluding carboxylic acids is 2. The summed E-state index contributed by atoms with van der Waals surface area (Å²) in [7, 11) is 0. The molecular formula is C22H29N5O3. The summed E-state index contributed by atoms with van der Waals surface area (Å²) in [4.78, 5) is 31.7. The van der Waals surface area contributed by atoms with Crippen molar-refractivity contribution in [1.82, 2.24) is 20.1 Å². The van der Waals surface area contributed by atoms with Crippen molar-refractivity contribution in [1.29, 1.82) is 0 Å². The van der Waals surface area contributed by atoms with Crippen LogP contribution < -0.4 is 10.2 Å². The predicted octanol–water partition coefficient (Wildman–Crippen LogP) is 2.75. The molecule has 8 heteroatoms. The van der Waals surface area contributed by atoms with Gasteiger partial charge in [-0.05, 0) is 39.7 Å². The average Bonchev–Trinajstić information content (AvgIpc) is 3.19. The molecule has 1 aromatic carbocycles. The van der Waals surface area contributed by atoms with E-state index in [0.717, 1.165) is 17.5 Å². The lowest BCUT2D eigenvalue weighted by atomic mass is 9.94. The molecule has 0 fully saturated rings. The molecule has 30 heavy (non-hydrogen) atoms. The fourth-order valence-electron chi connectivity index (χ4n) is 3.52. The van der Waals surface area contributed by atoms with E-state index in [-0.39, 0.29) is 25.1 Å². The Hall–Kier alpha value is -3.16. The molecule has 2 atom stereocenters. The van der Waals surface area contributed by atoms with Crippen LogP contribution in [0.5, 0.6) is 0 Å². The van der Waals surface area contributed by atoms with E-state index in [1.54, 1.807) is 16.5 Å². The molecule has 2 heterocycles. The number of esters is 1. The lowest BCUT2D eigenvalue weighted by Crippen LogP contribution is -2.44. The van der Waals surface area contributed by atoms with E-state index in [1.165, 1.54) is 6.33 Å². The maximum Gasteiger partial charge on any atom is 0.338 e. The van der Waals surface area contributed by atoms with E-state index >= 15 is 0 Å². The highest BCUT2D eigenvalue weighted by atomic mass is 16.5. The minimum atomic E-state index is -0.476. The zero-order valence-corrected chi connectivity index (χ0v) is 18.2. The van der Waals surface area contributed by atoms with Crippen molar-refractivity contribution in [2.45, 2.75) is 53.1 Å². The Morgan fingerprint density at radius 3 is 2.53 bits per heavy atom. The van der Waals surface area contributed by atoms with Gasteiger partial charge in [0.2, 0.25) is 11.9 Å². The van der Waals surface area contributed by atoms with Crippen LogP contribution in [0.4, 0.5) is 5.95 Å². The van der Waals surface area contributed by atoms with Crippen LogP contribution in [0, 0.1) is 6.92 Å². The second-order valence-electron chi connectivity index (χ2n) is 7.50. The Labute approximate surface area is 176 Å². The minimum Gasteiger partial charge on any atom is -0.463 e. The Bertz CT molecular complexity index is 948. The van der Waals surface area contributed by atoms with Gasteiger partial charge in [-0.25, -0.2) is 9.48 Å². The van der Waals surface area contributed by atoms with Crippen LogP contribution in [0.1, 0.15) is 51.3 Å².